The molecule has 0 atom stereocenters. The smallest absolute Gasteiger partial charge is 0.408 e. The van der Waals surface area contributed by atoms with Crippen LogP contribution < -0.4 is 11.5 Å². The number of hydrogen-bond donors (Lipinski definition) is 1. The molecule has 0 spiro atoms. The van der Waals surface area contributed by atoms with Gasteiger partial charge in [0.1, 0.15) is 0 Å². The molecule has 1 heterocycles. The molecule has 0 unspecified atom stereocenters. The summed E-state index contributed by atoms with van der Waals surface area (Å²) >= 11 is 0. The lowest BCUT2D eigenvalue weighted by molar-refractivity contribution is 0.517. The van der Waals surface area contributed by atoms with Crippen LogP contribution in [0.1, 0.15) is 16.7 Å². The molecule has 0 aliphatic heterocycles. The van der Waals surface area contributed by atoms with Crippen LogP contribution in [0.4, 0.5) is 5.69 Å². The zero-order valence-electron chi connectivity index (χ0n) is 11.5. The fourth-order valence-electron chi connectivity index (χ4n) is 2.37. The molecule has 0 saturated heterocycles. The van der Waals surface area contributed by atoms with E-state index in [1.54, 1.807) is 22.8 Å². The number of aryl methyl sites for hydroxylation is 2. The molecule has 0 saturated carbocycles. The van der Waals surface area contributed by atoms with Gasteiger partial charge in [-0.2, -0.15) is 0 Å². The topological polar surface area (TPSA) is 61.2 Å². The van der Waals surface area contributed by atoms with Crippen molar-refractivity contribution in [3.63, 3.8) is 0 Å². The summed E-state index contributed by atoms with van der Waals surface area (Å²) in [5.74, 6) is -0.355. The zero-order valence-corrected chi connectivity index (χ0v) is 11.5. The molecule has 3 rings (SSSR count). The standard InChI is InChI=1S/C16H16N2O2/c1-10-3-4-11(2)12(7-10)9-18-14-8-13(17)5-6-15(14)20-16(18)19/h3-8H,9,17H2,1-2H3. The fourth-order valence-corrected chi connectivity index (χ4v) is 2.37. The van der Waals surface area contributed by atoms with Crippen LogP contribution in [-0.2, 0) is 6.54 Å². The predicted octanol–water partition coefficient (Wildman–Crippen LogP) is 2.84. The highest BCUT2D eigenvalue weighted by Crippen LogP contribution is 2.19. The van der Waals surface area contributed by atoms with E-state index >= 15 is 0 Å². The fraction of sp³-hybridized carbons (Fsp3) is 0.188. The first-order valence-corrected chi connectivity index (χ1v) is 6.49. The Labute approximate surface area is 116 Å². The van der Waals surface area contributed by atoms with Crippen LogP contribution in [0.15, 0.2) is 45.6 Å². The first-order valence-electron chi connectivity index (χ1n) is 6.49. The number of nitrogens with zero attached hydrogens (tertiary/aromatic N) is 1. The van der Waals surface area contributed by atoms with E-state index in [-0.39, 0.29) is 5.76 Å². The van der Waals surface area contributed by atoms with Crippen LogP contribution in [0.3, 0.4) is 0 Å². The lowest BCUT2D eigenvalue weighted by Gasteiger charge is -2.08. The lowest BCUT2D eigenvalue weighted by Crippen LogP contribution is -2.15. The van der Waals surface area contributed by atoms with Crippen molar-refractivity contribution in [1.29, 1.82) is 0 Å². The SMILES string of the molecule is Cc1ccc(C)c(Cn2c(=O)oc3ccc(N)cc32)c1. The van der Waals surface area contributed by atoms with Gasteiger partial charge in [-0.05, 0) is 43.2 Å². The zero-order chi connectivity index (χ0) is 14.3. The number of nitrogens with two attached hydrogens (primary N) is 1. The van der Waals surface area contributed by atoms with Crippen molar-refractivity contribution >= 4 is 16.8 Å². The van der Waals surface area contributed by atoms with Crippen molar-refractivity contribution < 1.29 is 4.42 Å². The Morgan fingerprint density at radius 3 is 2.75 bits per heavy atom. The van der Waals surface area contributed by atoms with Crippen LogP contribution in [0.2, 0.25) is 0 Å². The molecule has 0 radical (unpaired) electrons. The minimum absolute atomic E-state index is 0.355. The molecule has 0 bridgehead atoms. The van der Waals surface area contributed by atoms with E-state index in [4.69, 9.17) is 10.2 Å². The average molecular weight is 268 g/mol. The van der Waals surface area contributed by atoms with E-state index in [0.717, 1.165) is 16.6 Å². The Balaban J connectivity index is 2.15. The maximum absolute atomic E-state index is 12.0. The van der Waals surface area contributed by atoms with Crippen LogP contribution in [0, 0.1) is 13.8 Å². The van der Waals surface area contributed by atoms with Gasteiger partial charge in [0.25, 0.3) is 0 Å². The van der Waals surface area contributed by atoms with E-state index in [1.807, 2.05) is 13.8 Å². The summed E-state index contributed by atoms with van der Waals surface area (Å²) in [6, 6.07) is 11.4. The van der Waals surface area contributed by atoms with Crippen molar-refractivity contribution in [1.82, 2.24) is 4.57 Å². The van der Waals surface area contributed by atoms with Gasteiger partial charge < -0.3 is 10.2 Å². The Hall–Kier alpha value is -2.49. The highest BCUT2D eigenvalue weighted by atomic mass is 16.4. The number of aromatic nitrogens is 1. The molecular formula is C16H16N2O2. The van der Waals surface area contributed by atoms with Crippen molar-refractivity contribution in [3.8, 4) is 0 Å². The Morgan fingerprint density at radius 1 is 1.15 bits per heavy atom. The first-order chi connectivity index (χ1) is 9.54. The number of benzene rings is 2. The molecule has 0 fully saturated rings. The number of nitrogen functional groups attached to an aromatic ring is 1. The van der Waals surface area contributed by atoms with E-state index < -0.39 is 0 Å². The molecule has 1 aromatic heterocycles. The van der Waals surface area contributed by atoms with E-state index in [1.165, 1.54) is 5.56 Å². The number of fused-ring (bicyclic) bond motifs is 1. The average Bonchev–Trinajstić information content (AvgIpc) is 2.70. The highest BCUT2D eigenvalue weighted by molar-refractivity contribution is 5.77. The number of rotatable bonds is 2. The van der Waals surface area contributed by atoms with Crippen LogP contribution >= 0.6 is 0 Å². The Morgan fingerprint density at radius 2 is 1.95 bits per heavy atom. The molecule has 2 N–H and O–H groups in total. The second kappa shape index (κ2) is 4.56. The molecule has 2 aromatic carbocycles. The Bertz CT molecular complexity index is 843. The van der Waals surface area contributed by atoms with Gasteiger partial charge in [-0.25, -0.2) is 4.79 Å². The minimum Gasteiger partial charge on any atom is -0.408 e. The van der Waals surface area contributed by atoms with Crippen LogP contribution in [-0.4, -0.2) is 4.57 Å². The molecule has 20 heavy (non-hydrogen) atoms. The third-order valence-corrected chi connectivity index (χ3v) is 3.52. The van der Waals surface area contributed by atoms with Crippen LogP contribution in [0.25, 0.3) is 11.1 Å². The summed E-state index contributed by atoms with van der Waals surface area (Å²) in [4.78, 5) is 12.0. The van der Waals surface area contributed by atoms with Crippen molar-refractivity contribution in [2.24, 2.45) is 0 Å². The van der Waals surface area contributed by atoms with Gasteiger partial charge >= 0.3 is 5.76 Å². The maximum atomic E-state index is 12.0. The maximum Gasteiger partial charge on any atom is 0.420 e. The van der Waals surface area contributed by atoms with E-state index in [2.05, 4.69) is 18.2 Å². The molecule has 0 aliphatic carbocycles. The summed E-state index contributed by atoms with van der Waals surface area (Å²) in [7, 11) is 0. The van der Waals surface area contributed by atoms with E-state index in [9.17, 15) is 4.79 Å². The predicted molar refractivity (Wildman–Crippen MR) is 79.9 cm³/mol. The molecule has 4 nitrogen and oxygen atoms in total. The number of anilines is 1. The molecule has 0 aliphatic rings. The molecule has 102 valence electrons. The van der Waals surface area contributed by atoms with Gasteiger partial charge in [0, 0.05) is 5.69 Å². The van der Waals surface area contributed by atoms with E-state index in [0.29, 0.717) is 17.8 Å². The second-order valence-corrected chi connectivity index (χ2v) is 5.11. The lowest BCUT2D eigenvalue weighted by atomic mass is 10.1. The van der Waals surface area contributed by atoms with Gasteiger partial charge in [0.2, 0.25) is 0 Å². The summed E-state index contributed by atoms with van der Waals surface area (Å²) in [5.41, 5.74) is 11.1. The van der Waals surface area contributed by atoms with Gasteiger partial charge in [-0.3, -0.25) is 4.57 Å². The number of hydrogen-bond acceptors (Lipinski definition) is 3. The van der Waals surface area contributed by atoms with Crippen molar-refractivity contribution in [3.05, 3.63) is 63.6 Å². The van der Waals surface area contributed by atoms with Crippen molar-refractivity contribution in [2.75, 3.05) is 5.73 Å². The molecule has 0 amide bonds. The molecular weight excluding hydrogens is 252 g/mol. The first kappa shape index (κ1) is 12.5. The normalized spacial score (nSPS) is 11.1. The third-order valence-electron chi connectivity index (χ3n) is 3.52. The summed E-state index contributed by atoms with van der Waals surface area (Å²) < 4.78 is 6.87. The molecule has 4 heteroatoms. The summed E-state index contributed by atoms with van der Waals surface area (Å²) in [6.07, 6.45) is 0. The Kier molecular flexibility index (Phi) is 2.86. The van der Waals surface area contributed by atoms with Gasteiger partial charge in [-0.15, -0.1) is 0 Å². The van der Waals surface area contributed by atoms with Gasteiger partial charge in [0.05, 0.1) is 12.1 Å². The second-order valence-electron chi connectivity index (χ2n) is 5.11. The quantitative estimate of drug-likeness (QED) is 0.727. The van der Waals surface area contributed by atoms with Crippen LogP contribution in [0.5, 0.6) is 0 Å². The minimum atomic E-state index is -0.355. The monoisotopic (exact) mass is 268 g/mol. The summed E-state index contributed by atoms with van der Waals surface area (Å²) in [5, 5.41) is 0. The largest absolute Gasteiger partial charge is 0.420 e. The number of oxazole rings is 1. The molecule has 3 aromatic rings. The third kappa shape index (κ3) is 2.09. The van der Waals surface area contributed by atoms with Gasteiger partial charge in [-0.1, -0.05) is 23.8 Å². The highest BCUT2D eigenvalue weighted by Gasteiger charge is 2.11. The van der Waals surface area contributed by atoms with Crippen molar-refractivity contribution in [2.45, 2.75) is 20.4 Å². The van der Waals surface area contributed by atoms with Gasteiger partial charge in [0.15, 0.2) is 5.58 Å². The summed E-state index contributed by atoms with van der Waals surface area (Å²) in [6.45, 7) is 4.57.